The minimum Gasteiger partial charge on any atom is -0.460 e. The lowest BCUT2D eigenvalue weighted by atomic mass is 10.1. The summed E-state index contributed by atoms with van der Waals surface area (Å²) in [5.74, 6) is -0.615. The number of hydrogen-bond acceptors (Lipinski definition) is 5. The monoisotopic (exact) mass is 398 g/mol. The summed E-state index contributed by atoms with van der Waals surface area (Å²) < 4.78 is 33.7. The number of benzene rings is 1. The van der Waals surface area contributed by atoms with E-state index in [2.05, 4.69) is 15.9 Å². The summed E-state index contributed by atoms with van der Waals surface area (Å²) >= 11 is 3.15. The normalized spacial score (nSPS) is 11.4. The molecule has 0 unspecified atom stereocenters. The van der Waals surface area contributed by atoms with Crippen LogP contribution >= 0.6 is 26.6 Å². The molecule has 1 aromatic rings. The largest absolute Gasteiger partial charge is 0.460 e. The SMILES string of the molecule is CCCOCCOC(=O)c1cc(Br)cc(S(=O)(=O)Cl)c1C. The molecular formula is C13H16BrClO5S. The van der Waals surface area contributed by atoms with Gasteiger partial charge in [-0.3, -0.25) is 0 Å². The van der Waals surface area contributed by atoms with Crippen LogP contribution < -0.4 is 0 Å². The molecule has 1 rings (SSSR count). The molecule has 0 aliphatic heterocycles. The van der Waals surface area contributed by atoms with Crippen LogP contribution in [0.4, 0.5) is 0 Å². The van der Waals surface area contributed by atoms with Crippen molar-refractivity contribution in [2.24, 2.45) is 0 Å². The summed E-state index contributed by atoms with van der Waals surface area (Å²) in [4.78, 5) is 11.9. The van der Waals surface area contributed by atoms with E-state index >= 15 is 0 Å². The minimum atomic E-state index is -3.93. The van der Waals surface area contributed by atoms with Gasteiger partial charge in [0, 0.05) is 21.8 Å². The Hall–Kier alpha value is -0.630. The Morgan fingerprint density at radius 1 is 1.29 bits per heavy atom. The van der Waals surface area contributed by atoms with Crippen LogP contribution in [0, 0.1) is 6.92 Å². The molecule has 5 nitrogen and oxygen atoms in total. The summed E-state index contributed by atoms with van der Waals surface area (Å²) in [5.41, 5.74) is 0.409. The van der Waals surface area contributed by atoms with Crippen molar-refractivity contribution in [3.63, 3.8) is 0 Å². The molecule has 8 heteroatoms. The molecule has 0 radical (unpaired) electrons. The second kappa shape index (κ2) is 8.12. The third kappa shape index (κ3) is 5.58. The molecule has 0 atom stereocenters. The van der Waals surface area contributed by atoms with Crippen LogP contribution in [0.1, 0.15) is 29.3 Å². The van der Waals surface area contributed by atoms with Crippen molar-refractivity contribution in [1.29, 1.82) is 0 Å². The molecule has 118 valence electrons. The summed E-state index contributed by atoms with van der Waals surface area (Å²) in [6.07, 6.45) is 0.885. The lowest BCUT2D eigenvalue weighted by molar-refractivity contribution is 0.0317. The van der Waals surface area contributed by atoms with Crippen LogP contribution in [-0.4, -0.2) is 34.2 Å². The number of ether oxygens (including phenoxy) is 2. The molecule has 0 aliphatic rings. The van der Waals surface area contributed by atoms with E-state index in [0.717, 1.165) is 6.42 Å². The van der Waals surface area contributed by atoms with E-state index in [-0.39, 0.29) is 22.6 Å². The van der Waals surface area contributed by atoms with E-state index in [0.29, 0.717) is 17.7 Å². The highest BCUT2D eigenvalue weighted by molar-refractivity contribution is 9.10. The lowest BCUT2D eigenvalue weighted by Crippen LogP contribution is -2.13. The van der Waals surface area contributed by atoms with Crippen LogP contribution in [0.15, 0.2) is 21.5 Å². The van der Waals surface area contributed by atoms with E-state index in [1.807, 2.05) is 6.92 Å². The molecule has 0 amide bonds. The number of halogens is 2. The molecule has 0 N–H and O–H groups in total. The van der Waals surface area contributed by atoms with Gasteiger partial charge in [-0.05, 0) is 31.0 Å². The Labute approximate surface area is 137 Å². The zero-order valence-electron chi connectivity index (χ0n) is 11.7. The number of esters is 1. The second-order valence-electron chi connectivity index (χ2n) is 4.26. The first kappa shape index (κ1) is 18.4. The van der Waals surface area contributed by atoms with Gasteiger partial charge in [0.1, 0.15) is 6.61 Å². The Kier molecular flexibility index (Phi) is 7.12. The number of carbonyl (C=O) groups is 1. The zero-order valence-corrected chi connectivity index (χ0v) is 14.8. The first-order valence-electron chi connectivity index (χ1n) is 6.27. The Balaban J connectivity index is 2.88. The maximum Gasteiger partial charge on any atom is 0.338 e. The highest BCUT2D eigenvalue weighted by Crippen LogP contribution is 2.27. The maximum absolute atomic E-state index is 12.0. The average Bonchev–Trinajstić information content (AvgIpc) is 2.39. The molecule has 0 aromatic heterocycles. The van der Waals surface area contributed by atoms with Gasteiger partial charge in [-0.25, -0.2) is 13.2 Å². The van der Waals surface area contributed by atoms with Crippen LogP contribution in [0.5, 0.6) is 0 Å². The number of hydrogen-bond donors (Lipinski definition) is 0. The fraction of sp³-hybridized carbons (Fsp3) is 0.462. The fourth-order valence-electron chi connectivity index (χ4n) is 1.64. The predicted octanol–water partition coefficient (Wildman–Crippen LogP) is 3.27. The van der Waals surface area contributed by atoms with Crippen molar-refractivity contribution in [2.75, 3.05) is 19.8 Å². The van der Waals surface area contributed by atoms with Crippen molar-refractivity contribution in [1.82, 2.24) is 0 Å². The van der Waals surface area contributed by atoms with Crippen LogP contribution in [-0.2, 0) is 18.5 Å². The first-order valence-corrected chi connectivity index (χ1v) is 9.37. The van der Waals surface area contributed by atoms with Gasteiger partial charge in [-0.2, -0.15) is 0 Å². The van der Waals surface area contributed by atoms with Crippen molar-refractivity contribution in [3.05, 3.63) is 27.7 Å². The minimum absolute atomic E-state index is 0.105. The van der Waals surface area contributed by atoms with E-state index < -0.39 is 15.0 Å². The third-order valence-corrected chi connectivity index (χ3v) is 4.52. The Morgan fingerprint density at radius 2 is 1.95 bits per heavy atom. The van der Waals surface area contributed by atoms with E-state index in [9.17, 15) is 13.2 Å². The molecule has 0 heterocycles. The van der Waals surface area contributed by atoms with Gasteiger partial charge in [0.05, 0.1) is 17.1 Å². The van der Waals surface area contributed by atoms with Gasteiger partial charge in [0.2, 0.25) is 0 Å². The predicted molar refractivity (Wildman–Crippen MR) is 83.3 cm³/mol. The molecule has 0 saturated carbocycles. The molecule has 0 aliphatic carbocycles. The quantitative estimate of drug-likeness (QED) is 0.400. The van der Waals surface area contributed by atoms with Crippen molar-refractivity contribution in [3.8, 4) is 0 Å². The van der Waals surface area contributed by atoms with Crippen LogP contribution in [0.25, 0.3) is 0 Å². The van der Waals surface area contributed by atoms with Gasteiger partial charge in [-0.1, -0.05) is 22.9 Å². The molecule has 1 aromatic carbocycles. The van der Waals surface area contributed by atoms with E-state index in [1.165, 1.54) is 19.1 Å². The van der Waals surface area contributed by atoms with Crippen LogP contribution in [0.2, 0.25) is 0 Å². The zero-order chi connectivity index (χ0) is 16.0. The second-order valence-corrected chi connectivity index (χ2v) is 7.71. The molecule has 0 saturated heterocycles. The Bertz CT molecular complexity index is 615. The van der Waals surface area contributed by atoms with Crippen molar-refractivity contribution >= 4 is 41.6 Å². The Morgan fingerprint density at radius 3 is 2.52 bits per heavy atom. The van der Waals surface area contributed by atoms with Gasteiger partial charge in [0.15, 0.2) is 0 Å². The third-order valence-electron chi connectivity index (χ3n) is 2.62. The maximum atomic E-state index is 12.0. The summed E-state index contributed by atoms with van der Waals surface area (Å²) in [7, 11) is 1.42. The fourth-order valence-corrected chi connectivity index (χ4v) is 3.47. The van der Waals surface area contributed by atoms with Gasteiger partial charge < -0.3 is 9.47 Å². The first-order chi connectivity index (χ1) is 9.77. The van der Waals surface area contributed by atoms with E-state index in [1.54, 1.807) is 0 Å². The van der Waals surface area contributed by atoms with Gasteiger partial charge >= 0.3 is 5.97 Å². The van der Waals surface area contributed by atoms with Crippen molar-refractivity contribution in [2.45, 2.75) is 25.2 Å². The summed E-state index contributed by atoms with van der Waals surface area (Å²) in [6.45, 7) is 4.49. The highest BCUT2D eigenvalue weighted by atomic mass is 79.9. The summed E-state index contributed by atoms with van der Waals surface area (Å²) in [6, 6.07) is 2.84. The summed E-state index contributed by atoms with van der Waals surface area (Å²) in [5, 5.41) is 0. The molecule has 21 heavy (non-hydrogen) atoms. The standard InChI is InChI=1S/C13H16BrClO5S/c1-3-4-19-5-6-20-13(16)11-7-10(14)8-12(9(11)2)21(15,17)18/h7-8H,3-6H2,1-2H3. The smallest absolute Gasteiger partial charge is 0.338 e. The van der Waals surface area contributed by atoms with Crippen LogP contribution in [0.3, 0.4) is 0 Å². The number of carbonyl (C=O) groups excluding carboxylic acids is 1. The average molecular weight is 400 g/mol. The number of rotatable bonds is 7. The van der Waals surface area contributed by atoms with Crippen molar-refractivity contribution < 1.29 is 22.7 Å². The molecule has 0 bridgehead atoms. The van der Waals surface area contributed by atoms with E-state index in [4.69, 9.17) is 20.2 Å². The lowest BCUT2D eigenvalue weighted by Gasteiger charge is -2.10. The topological polar surface area (TPSA) is 69.7 Å². The molecule has 0 spiro atoms. The molecular weight excluding hydrogens is 384 g/mol. The van der Waals surface area contributed by atoms with Gasteiger partial charge in [0.25, 0.3) is 9.05 Å². The molecule has 0 fully saturated rings. The van der Waals surface area contributed by atoms with Gasteiger partial charge in [-0.15, -0.1) is 0 Å². The highest BCUT2D eigenvalue weighted by Gasteiger charge is 2.21.